The van der Waals surface area contributed by atoms with Crippen LogP contribution in [0, 0.1) is 5.92 Å². The summed E-state index contributed by atoms with van der Waals surface area (Å²) in [5.74, 6) is -1.58. The van der Waals surface area contributed by atoms with Crippen LogP contribution in [-0.4, -0.2) is 47.4 Å². The molecule has 2 rings (SSSR count). The molecule has 1 atom stereocenters. The molecule has 0 saturated heterocycles. The maximum absolute atomic E-state index is 12.6. The summed E-state index contributed by atoms with van der Waals surface area (Å²) in [5.41, 5.74) is 0.875. The fourth-order valence-electron chi connectivity index (χ4n) is 2.88. The van der Waals surface area contributed by atoms with Crippen molar-refractivity contribution in [3.8, 4) is 0 Å². The summed E-state index contributed by atoms with van der Waals surface area (Å²) in [7, 11) is 1.55. The van der Waals surface area contributed by atoms with Gasteiger partial charge >= 0.3 is 5.97 Å². The number of carboxylic acid groups (broad SMARTS) is 1. The van der Waals surface area contributed by atoms with E-state index in [2.05, 4.69) is 5.32 Å². The number of carbonyl (C=O) groups excluding carboxylic acids is 2. The lowest BCUT2D eigenvalue weighted by atomic mass is 10.0. The van der Waals surface area contributed by atoms with Crippen LogP contribution < -0.4 is 5.32 Å². The molecule has 2 amide bonds. The van der Waals surface area contributed by atoms with E-state index in [1.807, 2.05) is 56.3 Å². The number of aliphatic carboxylic acids is 1. The highest BCUT2D eigenvalue weighted by molar-refractivity contribution is 5.89. The number of carboxylic acids is 1. The molecule has 2 aromatic rings. The first-order valence-corrected chi connectivity index (χ1v) is 9.01. The van der Waals surface area contributed by atoms with E-state index in [0.29, 0.717) is 0 Å². The van der Waals surface area contributed by atoms with E-state index in [4.69, 9.17) is 5.11 Å². The van der Waals surface area contributed by atoms with E-state index in [0.717, 1.165) is 16.3 Å². The Balaban J connectivity index is 2.02. The Morgan fingerprint density at radius 1 is 1.07 bits per heavy atom. The lowest BCUT2D eigenvalue weighted by Crippen LogP contribution is -2.50. The predicted octanol–water partition coefficient (Wildman–Crippen LogP) is 2.46. The van der Waals surface area contributed by atoms with Crippen molar-refractivity contribution in [2.75, 3.05) is 13.6 Å². The van der Waals surface area contributed by atoms with Crippen molar-refractivity contribution in [3.05, 3.63) is 48.0 Å². The minimum Gasteiger partial charge on any atom is -0.481 e. The SMILES string of the molecule is CC(C)C(NC(=O)Cc1ccc2ccccc2c1)C(=O)N(C)CCC(=O)O. The zero-order valence-electron chi connectivity index (χ0n) is 15.9. The molecule has 6 nitrogen and oxygen atoms in total. The Morgan fingerprint density at radius 2 is 1.74 bits per heavy atom. The first kappa shape index (κ1) is 20.4. The topological polar surface area (TPSA) is 86.7 Å². The largest absolute Gasteiger partial charge is 0.481 e. The molecular formula is C21H26N2O4. The molecule has 0 aromatic heterocycles. The molecule has 144 valence electrons. The first-order chi connectivity index (χ1) is 12.8. The van der Waals surface area contributed by atoms with Gasteiger partial charge < -0.3 is 15.3 Å². The van der Waals surface area contributed by atoms with E-state index >= 15 is 0 Å². The highest BCUT2D eigenvalue weighted by Crippen LogP contribution is 2.16. The van der Waals surface area contributed by atoms with Gasteiger partial charge in [0.2, 0.25) is 11.8 Å². The Morgan fingerprint density at radius 3 is 2.37 bits per heavy atom. The van der Waals surface area contributed by atoms with E-state index in [1.165, 1.54) is 4.90 Å². The number of likely N-dealkylation sites (N-methyl/N-ethyl adjacent to an activating group) is 1. The summed E-state index contributed by atoms with van der Waals surface area (Å²) in [6, 6.07) is 13.1. The van der Waals surface area contributed by atoms with E-state index in [-0.39, 0.29) is 37.1 Å². The lowest BCUT2D eigenvalue weighted by Gasteiger charge is -2.26. The summed E-state index contributed by atoms with van der Waals surface area (Å²) in [4.78, 5) is 37.1. The Hall–Kier alpha value is -2.89. The molecule has 0 aliphatic rings. The molecule has 0 heterocycles. The zero-order valence-corrected chi connectivity index (χ0v) is 15.9. The molecule has 0 bridgehead atoms. The third-order valence-electron chi connectivity index (χ3n) is 4.47. The number of benzene rings is 2. The van der Waals surface area contributed by atoms with Crippen LogP contribution in [0.5, 0.6) is 0 Å². The second kappa shape index (κ2) is 9.16. The fraction of sp³-hybridized carbons (Fsp3) is 0.381. The number of hydrogen-bond acceptors (Lipinski definition) is 3. The summed E-state index contributed by atoms with van der Waals surface area (Å²) in [6.07, 6.45) is 0.0538. The highest BCUT2D eigenvalue weighted by atomic mass is 16.4. The number of fused-ring (bicyclic) bond motifs is 1. The van der Waals surface area contributed by atoms with Crippen molar-refractivity contribution in [3.63, 3.8) is 0 Å². The Kier molecular flexibility index (Phi) is 6.93. The number of amides is 2. The van der Waals surface area contributed by atoms with Gasteiger partial charge in [0.05, 0.1) is 12.8 Å². The highest BCUT2D eigenvalue weighted by Gasteiger charge is 2.27. The molecule has 0 aliphatic heterocycles. The number of hydrogen-bond donors (Lipinski definition) is 2. The molecule has 2 aromatic carbocycles. The number of nitrogens with zero attached hydrogens (tertiary/aromatic N) is 1. The van der Waals surface area contributed by atoms with Crippen LogP contribution in [0.25, 0.3) is 10.8 Å². The molecule has 0 fully saturated rings. The summed E-state index contributed by atoms with van der Waals surface area (Å²) in [5, 5.41) is 13.7. The molecule has 0 aliphatic carbocycles. The smallest absolute Gasteiger partial charge is 0.305 e. The Labute approximate surface area is 159 Å². The number of rotatable bonds is 8. The van der Waals surface area contributed by atoms with E-state index in [9.17, 15) is 14.4 Å². The van der Waals surface area contributed by atoms with Crippen LogP contribution in [-0.2, 0) is 20.8 Å². The van der Waals surface area contributed by atoms with Gasteiger partial charge in [0.25, 0.3) is 0 Å². The summed E-state index contributed by atoms with van der Waals surface area (Å²) >= 11 is 0. The first-order valence-electron chi connectivity index (χ1n) is 9.01. The predicted molar refractivity (Wildman–Crippen MR) is 104 cm³/mol. The third-order valence-corrected chi connectivity index (χ3v) is 4.47. The molecule has 6 heteroatoms. The van der Waals surface area contributed by atoms with Gasteiger partial charge in [0, 0.05) is 13.6 Å². The molecule has 2 N–H and O–H groups in total. The second-order valence-electron chi connectivity index (χ2n) is 7.05. The van der Waals surface area contributed by atoms with Crippen molar-refractivity contribution >= 4 is 28.6 Å². The molecule has 27 heavy (non-hydrogen) atoms. The van der Waals surface area contributed by atoms with Crippen LogP contribution in [0.4, 0.5) is 0 Å². The zero-order chi connectivity index (χ0) is 20.0. The van der Waals surface area contributed by atoms with Gasteiger partial charge in [0.15, 0.2) is 0 Å². The quantitative estimate of drug-likeness (QED) is 0.747. The lowest BCUT2D eigenvalue weighted by molar-refractivity contribution is -0.140. The van der Waals surface area contributed by atoms with Gasteiger partial charge in [-0.05, 0) is 22.3 Å². The van der Waals surface area contributed by atoms with Crippen LogP contribution in [0.3, 0.4) is 0 Å². The van der Waals surface area contributed by atoms with Gasteiger partial charge in [0.1, 0.15) is 6.04 Å². The second-order valence-corrected chi connectivity index (χ2v) is 7.05. The molecule has 1 unspecified atom stereocenters. The normalized spacial score (nSPS) is 12.0. The van der Waals surface area contributed by atoms with Crippen molar-refractivity contribution in [1.29, 1.82) is 0 Å². The van der Waals surface area contributed by atoms with Gasteiger partial charge in [-0.25, -0.2) is 0 Å². The third kappa shape index (κ3) is 5.81. The van der Waals surface area contributed by atoms with Gasteiger partial charge in [-0.1, -0.05) is 56.3 Å². The van der Waals surface area contributed by atoms with Crippen molar-refractivity contribution in [2.24, 2.45) is 5.92 Å². The molecule has 0 spiro atoms. The molecule has 0 saturated carbocycles. The number of carbonyl (C=O) groups is 3. The van der Waals surface area contributed by atoms with Crippen molar-refractivity contribution in [2.45, 2.75) is 32.7 Å². The van der Waals surface area contributed by atoms with E-state index < -0.39 is 12.0 Å². The van der Waals surface area contributed by atoms with Crippen LogP contribution in [0.2, 0.25) is 0 Å². The Bertz CT molecular complexity index is 832. The monoisotopic (exact) mass is 370 g/mol. The van der Waals surface area contributed by atoms with Crippen LogP contribution in [0.15, 0.2) is 42.5 Å². The standard InChI is InChI=1S/C21H26N2O4/c1-14(2)20(21(27)23(3)11-10-19(25)26)22-18(24)13-15-8-9-16-6-4-5-7-17(16)12-15/h4-9,12,14,20H,10-11,13H2,1-3H3,(H,22,24)(H,25,26). The fourth-order valence-corrected chi connectivity index (χ4v) is 2.88. The van der Waals surface area contributed by atoms with Crippen LogP contribution in [0.1, 0.15) is 25.8 Å². The van der Waals surface area contributed by atoms with Gasteiger partial charge in [-0.2, -0.15) is 0 Å². The van der Waals surface area contributed by atoms with E-state index in [1.54, 1.807) is 7.05 Å². The molecular weight excluding hydrogens is 344 g/mol. The molecule has 0 radical (unpaired) electrons. The average Bonchev–Trinajstić information content (AvgIpc) is 2.63. The van der Waals surface area contributed by atoms with Crippen molar-refractivity contribution in [1.82, 2.24) is 10.2 Å². The maximum Gasteiger partial charge on any atom is 0.305 e. The average molecular weight is 370 g/mol. The van der Waals surface area contributed by atoms with Gasteiger partial charge in [-0.3, -0.25) is 14.4 Å². The maximum atomic E-state index is 12.6. The van der Waals surface area contributed by atoms with Crippen molar-refractivity contribution < 1.29 is 19.5 Å². The van der Waals surface area contributed by atoms with Gasteiger partial charge in [-0.15, -0.1) is 0 Å². The number of nitrogens with one attached hydrogen (secondary N) is 1. The van der Waals surface area contributed by atoms with Crippen LogP contribution >= 0.6 is 0 Å². The minimum atomic E-state index is -0.962. The minimum absolute atomic E-state index is 0.106. The summed E-state index contributed by atoms with van der Waals surface area (Å²) in [6.45, 7) is 3.81. The summed E-state index contributed by atoms with van der Waals surface area (Å²) < 4.78 is 0.